The van der Waals surface area contributed by atoms with Crippen molar-refractivity contribution in [1.82, 2.24) is 15.2 Å². The Morgan fingerprint density at radius 2 is 1.43 bits per heavy atom. The fourth-order valence-corrected chi connectivity index (χ4v) is 3.22. The maximum atomic E-state index is 6.03. The molecule has 0 radical (unpaired) electrons. The second kappa shape index (κ2) is 4.63. The summed E-state index contributed by atoms with van der Waals surface area (Å²) >= 11 is 12.1. The Bertz CT molecular complexity index is 709. The van der Waals surface area contributed by atoms with Crippen LogP contribution in [0.1, 0.15) is 39.1 Å². The summed E-state index contributed by atoms with van der Waals surface area (Å²) in [6.07, 6.45) is 0. The smallest absolute Gasteiger partial charge is 0.182 e. The minimum absolute atomic E-state index is 0.493. The van der Waals surface area contributed by atoms with Gasteiger partial charge in [0.25, 0.3) is 0 Å². The number of fused-ring (bicyclic) bond motifs is 1. The van der Waals surface area contributed by atoms with Crippen molar-refractivity contribution in [2.24, 2.45) is 0 Å². The SMILES string of the molecule is CC1(C)OC(C)(C)c2nc(-c3cc(Cl)cc(Cl)c3)nnc21. The van der Waals surface area contributed by atoms with Gasteiger partial charge in [-0.25, -0.2) is 4.98 Å². The number of hydrogen-bond acceptors (Lipinski definition) is 4. The van der Waals surface area contributed by atoms with Crippen molar-refractivity contribution < 1.29 is 4.74 Å². The van der Waals surface area contributed by atoms with Crippen LogP contribution in [-0.4, -0.2) is 15.2 Å². The first kappa shape index (κ1) is 14.7. The molecule has 21 heavy (non-hydrogen) atoms. The minimum atomic E-state index is -0.508. The monoisotopic (exact) mass is 323 g/mol. The number of benzene rings is 1. The lowest BCUT2D eigenvalue weighted by molar-refractivity contribution is -0.107. The first-order valence-corrected chi connectivity index (χ1v) is 7.37. The summed E-state index contributed by atoms with van der Waals surface area (Å²) in [7, 11) is 0. The number of rotatable bonds is 1. The van der Waals surface area contributed by atoms with Crippen LogP contribution in [0.4, 0.5) is 0 Å². The standard InChI is InChI=1S/C15H15Cl2N3O/c1-14(2)11-12(15(3,4)21-14)19-20-13(18-11)8-5-9(16)7-10(17)6-8/h5-7H,1-4H3. The average Bonchev–Trinajstić information content (AvgIpc) is 2.53. The molecule has 0 spiro atoms. The third kappa shape index (κ3) is 2.52. The van der Waals surface area contributed by atoms with E-state index in [0.717, 1.165) is 17.0 Å². The van der Waals surface area contributed by atoms with Gasteiger partial charge in [0.2, 0.25) is 0 Å². The molecule has 0 aliphatic carbocycles. The zero-order valence-electron chi connectivity index (χ0n) is 12.2. The molecule has 0 atom stereocenters. The Morgan fingerprint density at radius 1 is 0.857 bits per heavy atom. The molecule has 0 fully saturated rings. The molecule has 6 heteroatoms. The molecule has 1 aromatic heterocycles. The normalized spacial score (nSPS) is 18.6. The van der Waals surface area contributed by atoms with E-state index < -0.39 is 11.2 Å². The van der Waals surface area contributed by atoms with Crippen LogP contribution in [0.15, 0.2) is 18.2 Å². The van der Waals surface area contributed by atoms with Gasteiger partial charge in [-0.05, 0) is 45.9 Å². The molecule has 0 bridgehead atoms. The molecule has 2 aromatic rings. The maximum Gasteiger partial charge on any atom is 0.182 e. The lowest BCUT2D eigenvalue weighted by atomic mass is 10.0. The molecule has 0 amide bonds. The average molecular weight is 324 g/mol. The summed E-state index contributed by atoms with van der Waals surface area (Å²) in [5.41, 5.74) is 1.30. The topological polar surface area (TPSA) is 47.9 Å². The summed E-state index contributed by atoms with van der Waals surface area (Å²) in [6, 6.07) is 5.21. The van der Waals surface area contributed by atoms with Gasteiger partial charge in [-0.2, -0.15) is 0 Å². The molecule has 2 heterocycles. The van der Waals surface area contributed by atoms with Crippen LogP contribution >= 0.6 is 23.2 Å². The number of hydrogen-bond donors (Lipinski definition) is 0. The third-order valence-electron chi connectivity index (χ3n) is 3.46. The van der Waals surface area contributed by atoms with Crippen LogP contribution in [0.5, 0.6) is 0 Å². The van der Waals surface area contributed by atoms with E-state index in [1.54, 1.807) is 18.2 Å². The minimum Gasteiger partial charge on any atom is -0.357 e. The predicted octanol–water partition coefficient (Wildman–Crippen LogP) is 4.35. The van der Waals surface area contributed by atoms with Crippen LogP contribution in [0.3, 0.4) is 0 Å². The quantitative estimate of drug-likeness (QED) is 0.782. The Kier molecular flexibility index (Phi) is 3.24. The van der Waals surface area contributed by atoms with Gasteiger partial charge in [0.15, 0.2) is 5.82 Å². The van der Waals surface area contributed by atoms with Gasteiger partial charge in [-0.1, -0.05) is 23.2 Å². The Morgan fingerprint density at radius 3 is 2.05 bits per heavy atom. The largest absolute Gasteiger partial charge is 0.357 e. The van der Waals surface area contributed by atoms with E-state index in [4.69, 9.17) is 27.9 Å². The number of ether oxygens (including phenoxy) is 1. The number of halogens is 2. The van der Waals surface area contributed by atoms with Crippen molar-refractivity contribution in [3.63, 3.8) is 0 Å². The summed E-state index contributed by atoms with van der Waals surface area (Å²) in [6.45, 7) is 7.88. The fourth-order valence-electron chi connectivity index (χ4n) is 2.69. The van der Waals surface area contributed by atoms with Crippen molar-refractivity contribution >= 4 is 23.2 Å². The van der Waals surface area contributed by atoms with E-state index in [0.29, 0.717) is 15.9 Å². The van der Waals surface area contributed by atoms with Crippen LogP contribution in [0.25, 0.3) is 11.4 Å². The fraction of sp³-hybridized carbons (Fsp3) is 0.400. The maximum absolute atomic E-state index is 6.03. The summed E-state index contributed by atoms with van der Waals surface area (Å²) < 4.78 is 6.03. The highest BCUT2D eigenvalue weighted by molar-refractivity contribution is 6.35. The Labute approximate surface area is 133 Å². The van der Waals surface area contributed by atoms with Gasteiger partial charge in [-0.15, -0.1) is 10.2 Å². The Balaban J connectivity index is 2.16. The van der Waals surface area contributed by atoms with Crippen LogP contribution in [0.2, 0.25) is 10.0 Å². The van der Waals surface area contributed by atoms with Gasteiger partial charge in [-0.3, -0.25) is 0 Å². The molecule has 0 N–H and O–H groups in total. The molecule has 1 aromatic carbocycles. The second-order valence-corrected chi connectivity index (χ2v) is 6.99. The highest BCUT2D eigenvalue weighted by atomic mass is 35.5. The third-order valence-corrected chi connectivity index (χ3v) is 3.89. The highest BCUT2D eigenvalue weighted by Gasteiger charge is 2.46. The van der Waals surface area contributed by atoms with Crippen molar-refractivity contribution in [2.75, 3.05) is 0 Å². The van der Waals surface area contributed by atoms with Gasteiger partial charge in [0.1, 0.15) is 22.6 Å². The molecule has 0 saturated carbocycles. The number of nitrogens with zero attached hydrogens (tertiary/aromatic N) is 3. The van der Waals surface area contributed by atoms with Crippen molar-refractivity contribution in [2.45, 2.75) is 38.9 Å². The summed E-state index contributed by atoms with van der Waals surface area (Å²) in [5, 5.41) is 9.60. The lowest BCUT2D eigenvalue weighted by Crippen LogP contribution is -2.23. The predicted molar refractivity (Wildman–Crippen MR) is 82.4 cm³/mol. The molecule has 1 aliphatic heterocycles. The van der Waals surface area contributed by atoms with E-state index in [2.05, 4.69) is 15.2 Å². The van der Waals surface area contributed by atoms with Crippen molar-refractivity contribution in [3.8, 4) is 11.4 Å². The lowest BCUT2D eigenvalue weighted by Gasteiger charge is -2.23. The van der Waals surface area contributed by atoms with E-state index in [1.165, 1.54) is 0 Å². The van der Waals surface area contributed by atoms with E-state index in [1.807, 2.05) is 27.7 Å². The molecular weight excluding hydrogens is 309 g/mol. The van der Waals surface area contributed by atoms with E-state index >= 15 is 0 Å². The Hall–Kier alpha value is -1.23. The molecule has 1 aliphatic rings. The van der Waals surface area contributed by atoms with E-state index in [9.17, 15) is 0 Å². The first-order chi connectivity index (χ1) is 9.69. The molecule has 110 valence electrons. The van der Waals surface area contributed by atoms with Crippen molar-refractivity contribution in [3.05, 3.63) is 39.6 Å². The second-order valence-electron chi connectivity index (χ2n) is 6.11. The van der Waals surface area contributed by atoms with Crippen LogP contribution in [-0.2, 0) is 15.9 Å². The first-order valence-electron chi connectivity index (χ1n) is 6.61. The highest BCUT2D eigenvalue weighted by Crippen LogP contribution is 2.44. The summed E-state index contributed by atoms with van der Waals surface area (Å²) in [4.78, 5) is 4.64. The number of aromatic nitrogens is 3. The molecule has 0 saturated heterocycles. The molecular formula is C15H15Cl2N3O. The van der Waals surface area contributed by atoms with E-state index in [-0.39, 0.29) is 0 Å². The molecule has 3 rings (SSSR count). The molecule has 0 unspecified atom stereocenters. The molecule has 4 nitrogen and oxygen atoms in total. The summed E-state index contributed by atoms with van der Waals surface area (Å²) in [5.74, 6) is 0.493. The van der Waals surface area contributed by atoms with Gasteiger partial charge < -0.3 is 4.74 Å². The van der Waals surface area contributed by atoms with Gasteiger partial charge in [0, 0.05) is 15.6 Å². The van der Waals surface area contributed by atoms with Gasteiger partial charge >= 0.3 is 0 Å². The van der Waals surface area contributed by atoms with Crippen molar-refractivity contribution in [1.29, 1.82) is 0 Å². The zero-order chi connectivity index (χ0) is 15.4. The van der Waals surface area contributed by atoms with Crippen LogP contribution in [0, 0.1) is 0 Å². The van der Waals surface area contributed by atoms with Gasteiger partial charge in [0.05, 0.1) is 0 Å². The zero-order valence-corrected chi connectivity index (χ0v) is 13.7. The van der Waals surface area contributed by atoms with Crippen LogP contribution < -0.4 is 0 Å².